The van der Waals surface area contributed by atoms with Crippen molar-refractivity contribution < 1.29 is 0 Å². The Hall–Kier alpha value is -2.18. The number of thiazole rings is 1. The summed E-state index contributed by atoms with van der Waals surface area (Å²) in [6.07, 6.45) is 5.97. The van der Waals surface area contributed by atoms with Crippen LogP contribution in [0.15, 0.2) is 48.1 Å². The van der Waals surface area contributed by atoms with Crippen LogP contribution in [0.1, 0.15) is 12.8 Å². The summed E-state index contributed by atoms with van der Waals surface area (Å²) >= 11 is 7.89. The van der Waals surface area contributed by atoms with Gasteiger partial charge in [0.2, 0.25) is 5.95 Å². The molecule has 1 fully saturated rings. The average molecular weight is 386 g/mol. The van der Waals surface area contributed by atoms with Crippen molar-refractivity contribution in [2.75, 3.05) is 29.9 Å². The number of hydrogen-bond acceptors (Lipinski definition) is 6. The molecule has 1 aliphatic rings. The highest BCUT2D eigenvalue weighted by molar-refractivity contribution is 7.14. The lowest BCUT2D eigenvalue weighted by Crippen LogP contribution is -2.39. The van der Waals surface area contributed by atoms with Crippen molar-refractivity contribution in [2.24, 2.45) is 5.92 Å². The lowest BCUT2D eigenvalue weighted by atomic mass is 9.98. The number of piperidine rings is 1. The van der Waals surface area contributed by atoms with Gasteiger partial charge in [0, 0.05) is 48.0 Å². The van der Waals surface area contributed by atoms with E-state index in [2.05, 4.69) is 30.5 Å². The van der Waals surface area contributed by atoms with Gasteiger partial charge in [0.25, 0.3) is 0 Å². The third kappa shape index (κ3) is 3.97. The first-order chi connectivity index (χ1) is 12.8. The number of hydrogen-bond donors (Lipinski definition) is 1. The molecule has 134 valence electrons. The second-order valence-corrected chi connectivity index (χ2v) is 7.67. The molecule has 0 bridgehead atoms. The average Bonchev–Trinajstić information content (AvgIpc) is 3.16. The van der Waals surface area contributed by atoms with E-state index in [1.165, 1.54) is 6.42 Å². The van der Waals surface area contributed by atoms with E-state index in [0.29, 0.717) is 5.92 Å². The van der Waals surface area contributed by atoms with Gasteiger partial charge in [-0.05, 0) is 30.9 Å². The molecule has 7 heteroatoms. The second kappa shape index (κ2) is 8.01. The van der Waals surface area contributed by atoms with Gasteiger partial charge in [-0.1, -0.05) is 29.8 Å². The van der Waals surface area contributed by atoms with Crippen molar-refractivity contribution in [3.63, 3.8) is 0 Å². The summed E-state index contributed by atoms with van der Waals surface area (Å²) in [5, 5.41) is 7.21. The zero-order valence-electron chi connectivity index (χ0n) is 14.3. The molecule has 1 unspecified atom stereocenters. The summed E-state index contributed by atoms with van der Waals surface area (Å²) in [4.78, 5) is 15.7. The van der Waals surface area contributed by atoms with E-state index in [1.807, 2.05) is 30.3 Å². The first-order valence-corrected chi connectivity index (χ1v) is 10.0. The summed E-state index contributed by atoms with van der Waals surface area (Å²) in [5.74, 6) is 1.38. The van der Waals surface area contributed by atoms with Crippen molar-refractivity contribution in [1.29, 1.82) is 0 Å². The van der Waals surface area contributed by atoms with Gasteiger partial charge in [-0.3, -0.25) is 0 Å². The predicted octanol–water partition coefficient (Wildman–Crippen LogP) is 4.58. The zero-order chi connectivity index (χ0) is 17.8. The van der Waals surface area contributed by atoms with Crippen LogP contribution in [-0.4, -0.2) is 34.6 Å². The molecular formula is C19H20ClN5S. The van der Waals surface area contributed by atoms with Gasteiger partial charge in [-0.25, -0.2) is 15.0 Å². The molecule has 0 saturated carbocycles. The van der Waals surface area contributed by atoms with Gasteiger partial charge in [0.1, 0.15) is 0 Å². The molecule has 4 rings (SSSR count). The molecule has 2 aromatic heterocycles. The molecule has 3 heterocycles. The Bertz CT molecular complexity index is 854. The molecule has 1 saturated heterocycles. The maximum atomic E-state index is 6.27. The number of nitrogens with one attached hydrogen (secondary N) is 1. The first kappa shape index (κ1) is 17.2. The SMILES string of the molecule is Clc1ccccc1-c1csc(NCC2CCCN(c3ncccn3)C2)n1. The number of aromatic nitrogens is 3. The van der Waals surface area contributed by atoms with Gasteiger partial charge < -0.3 is 10.2 Å². The summed E-state index contributed by atoms with van der Waals surface area (Å²) in [6, 6.07) is 9.66. The van der Waals surface area contributed by atoms with E-state index in [4.69, 9.17) is 11.6 Å². The third-order valence-corrected chi connectivity index (χ3v) is 5.68. The highest BCUT2D eigenvalue weighted by Gasteiger charge is 2.21. The third-order valence-electron chi connectivity index (χ3n) is 4.55. The number of halogens is 1. The standard InChI is InChI=1S/C19H20ClN5S/c20-16-7-2-1-6-15(16)17-13-26-19(24-17)23-11-14-5-3-10-25(12-14)18-21-8-4-9-22-18/h1-2,4,6-9,13-14H,3,5,10-12H2,(H,23,24). The second-order valence-electron chi connectivity index (χ2n) is 6.40. The van der Waals surface area contributed by atoms with Crippen LogP contribution in [0.4, 0.5) is 11.1 Å². The monoisotopic (exact) mass is 385 g/mol. The van der Waals surface area contributed by atoms with Gasteiger partial charge in [-0.15, -0.1) is 11.3 Å². The minimum Gasteiger partial charge on any atom is -0.361 e. The minimum atomic E-state index is 0.556. The number of benzene rings is 1. The van der Waals surface area contributed by atoms with E-state index in [9.17, 15) is 0 Å². The van der Waals surface area contributed by atoms with E-state index in [-0.39, 0.29) is 0 Å². The van der Waals surface area contributed by atoms with Crippen LogP contribution in [0.5, 0.6) is 0 Å². The van der Waals surface area contributed by atoms with Crippen molar-refractivity contribution in [3.05, 3.63) is 53.1 Å². The molecule has 0 radical (unpaired) electrons. The van der Waals surface area contributed by atoms with Crippen LogP contribution in [0.25, 0.3) is 11.3 Å². The van der Waals surface area contributed by atoms with Crippen LogP contribution in [0, 0.1) is 5.92 Å². The molecule has 1 aromatic carbocycles. The molecule has 3 aromatic rings. The molecule has 0 spiro atoms. The fraction of sp³-hybridized carbons (Fsp3) is 0.316. The maximum absolute atomic E-state index is 6.27. The molecule has 1 N–H and O–H groups in total. The molecule has 1 aliphatic heterocycles. The normalized spacial score (nSPS) is 17.3. The van der Waals surface area contributed by atoms with E-state index >= 15 is 0 Å². The van der Waals surface area contributed by atoms with E-state index in [1.54, 1.807) is 23.7 Å². The van der Waals surface area contributed by atoms with Crippen LogP contribution >= 0.6 is 22.9 Å². The van der Waals surface area contributed by atoms with Crippen LogP contribution in [0.3, 0.4) is 0 Å². The topological polar surface area (TPSA) is 53.9 Å². The molecule has 0 amide bonds. The molecule has 0 aliphatic carbocycles. The minimum absolute atomic E-state index is 0.556. The molecular weight excluding hydrogens is 366 g/mol. The van der Waals surface area contributed by atoms with Crippen molar-refractivity contribution in [1.82, 2.24) is 15.0 Å². The summed E-state index contributed by atoms with van der Waals surface area (Å²) < 4.78 is 0. The molecule has 5 nitrogen and oxygen atoms in total. The van der Waals surface area contributed by atoms with Crippen molar-refractivity contribution in [2.45, 2.75) is 12.8 Å². The largest absolute Gasteiger partial charge is 0.361 e. The lowest BCUT2D eigenvalue weighted by Gasteiger charge is -2.32. The van der Waals surface area contributed by atoms with Gasteiger partial charge >= 0.3 is 0 Å². The Morgan fingerprint density at radius 1 is 1.19 bits per heavy atom. The van der Waals surface area contributed by atoms with Crippen molar-refractivity contribution in [3.8, 4) is 11.3 Å². The van der Waals surface area contributed by atoms with Crippen molar-refractivity contribution >= 4 is 34.0 Å². The first-order valence-electron chi connectivity index (χ1n) is 8.76. The maximum Gasteiger partial charge on any atom is 0.225 e. The molecule has 26 heavy (non-hydrogen) atoms. The summed E-state index contributed by atoms with van der Waals surface area (Å²) in [7, 11) is 0. The van der Waals surface area contributed by atoms with Gasteiger partial charge in [0.05, 0.1) is 5.69 Å². The fourth-order valence-electron chi connectivity index (χ4n) is 3.25. The van der Waals surface area contributed by atoms with Gasteiger partial charge in [0.15, 0.2) is 5.13 Å². The Balaban J connectivity index is 1.36. The van der Waals surface area contributed by atoms with E-state index in [0.717, 1.165) is 53.4 Å². The lowest BCUT2D eigenvalue weighted by molar-refractivity contribution is 0.428. The molecule has 1 atom stereocenters. The fourth-order valence-corrected chi connectivity index (χ4v) is 4.20. The Morgan fingerprint density at radius 2 is 2.04 bits per heavy atom. The number of anilines is 2. The summed E-state index contributed by atoms with van der Waals surface area (Å²) in [6.45, 7) is 2.90. The highest BCUT2D eigenvalue weighted by Crippen LogP contribution is 2.30. The summed E-state index contributed by atoms with van der Waals surface area (Å²) in [5.41, 5.74) is 1.90. The predicted molar refractivity (Wildman–Crippen MR) is 108 cm³/mol. The zero-order valence-corrected chi connectivity index (χ0v) is 15.9. The van der Waals surface area contributed by atoms with Crippen LogP contribution in [-0.2, 0) is 0 Å². The smallest absolute Gasteiger partial charge is 0.225 e. The quantitative estimate of drug-likeness (QED) is 0.696. The van der Waals surface area contributed by atoms with Gasteiger partial charge in [-0.2, -0.15) is 0 Å². The number of rotatable bonds is 5. The Kier molecular flexibility index (Phi) is 5.32. The number of nitrogens with zero attached hydrogens (tertiary/aromatic N) is 4. The van der Waals surface area contributed by atoms with E-state index < -0.39 is 0 Å². The van der Waals surface area contributed by atoms with Crippen LogP contribution in [0.2, 0.25) is 5.02 Å². The Labute approximate surface area is 162 Å². The van der Waals surface area contributed by atoms with Crippen LogP contribution < -0.4 is 10.2 Å². The highest BCUT2D eigenvalue weighted by atomic mass is 35.5. The Morgan fingerprint density at radius 3 is 2.88 bits per heavy atom.